The van der Waals surface area contributed by atoms with Crippen molar-refractivity contribution < 1.29 is 8.78 Å². The maximum atomic E-state index is 13.2. The van der Waals surface area contributed by atoms with E-state index in [-0.39, 0.29) is 11.1 Å². The molecule has 0 unspecified atom stereocenters. The zero-order valence-corrected chi connectivity index (χ0v) is 11.3. The van der Waals surface area contributed by atoms with Gasteiger partial charge in [0.2, 0.25) is 0 Å². The average Bonchev–Trinajstić information content (AvgIpc) is 3.05. The first-order valence-corrected chi connectivity index (χ1v) is 6.55. The van der Waals surface area contributed by atoms with Crippen LogP contribution < -0.4 is 0 Å². The lowest BCUT2D eigenvalue weighted by molar-refractivity contribution is 0.142. The lowest BCUT2D eigenvalue weighted by atomic mass is 9.93. The lowest BCUT2D eigenvalue weighted by Gasteiger charge is -2.13. The van der Waals surface area contributed by atoms with Crippen molar-refractivity contribution >= 4 is 5.65 Å². The van der Waals surface area contributed by atoms with Crippen molar-refractivity contribution in [1.82, 2.24) is 14.6 Å². The molecule has 102 valence electrons. The summed E-state index contributed by atoms with van der Waals surface area (Å²) in [5.41, 5.74) is 1.87. The molecule has 0 aromatic carbocycles. The van der Waals surface area contributed by atoms with Crippen LogP contribution >= 0.6 is 0 Å². The van der Waals surface area contributed by atoms with Crippen molar-refractivity contribution in [3.05, 3.63) is 29.2 Å². The molecule has 1 aliphatic carbocycles. The zero-order valence-electron chi connectivity index (χ0n) is 11.3. The van der Waals surface area contributed by atoms with Crippen molar-refractivity contribution in [1.29, 1.82) is 0 Å². The summed E-state index contributed by atoms with van der Waals surface area (Å²) in [6, 6.07) is 3.33. The molecule has 0 N–H and O–H groups in total. The standard InChI is InChI=1S/C14H17F2N3/c1-14(2,3)11-7-12-17-9(8-4-5-8)6-10(13(15)16)19(12)18-11/h6-8,13H,4-5H2,1-3H3. The van der Waals surface area contributed by atoms with E-state index in [4.69, 9.17) is 0 Å². The van der Waals surface area contributed by atoms with E-state index < -0.39 is 6.43 Å². The molecule has 0 aliphatic heterocycles. The quantitative estimate of drug-likeness (QED) is 0.825. The van der Waals surface area contributed by atoms with Gasteiger partial charge in [-0.3, -0.25) is 0 Å². The number of alkyl halides is 2. The molecule has 2 aromatic rings. The van der Waals surface area contributed by atoms with Gasteiger partial charge >= 0.3 is 0 Å². The van der Waals surface area contributed by atoms with Crippen LogP contribution in [0.3, 0.4) is 0 Å². The van der Waals surface area contributed by atoms with Crippen LogP contribution in [0.25, 0.3) is 5.65 Å². The van der Waals surface area contributed by atoms with Gasteiger partial charge in [-0.1, -0.05) is 20.8 Å². The normalized spacial score (nSPS) is 16.5. The Kier molecular flexibility index (Phi) is 2.62. The van der Waals surface area contributed by atoms with E-state index in [0.717, 1.165) is 24.2 Å². The van der Waals surface area contributed by atoms with Gasteiger partial charge in [-0.05, 0) is 18.9 Å². The van der Waals surface area contributed by atoms with E-state index in [1.807, 2.05) is 26.8 Å². The molecule has 1 saturated carbocycles. The largest absolute Gasteiger partial charge is 0.280 e. The van der Waals surface area contributed by atoms with E-state index in [9.17, 15) is 8.78 Å². The van der Waals surface area contributed by atoms with E-state index in [0.29, 0.717) is 11.6 Å². The first kappa shape index (κ1) is 12.5. The minimum Gasteiger partial charge on any atom is -0.233 e. The van der Waals surface area contributed by atoms with Gasteiger partial charge in [0, 0.05) is 23.1 Å². The first-order chi connectivity index (χ1) is 8.86. The van der Waals surface area contributed by atoms with Crippen molar-refractivity contribution in [2.45, 2.75) is 51.4 Å². The molecule has 0 spiro atoms. The summed E-state index contributed by atoms with van der Waals surface area (Å²) in [6.07, 6.45) is -0.436. The van der Waals surface area contributed by atoms with E-state index in [1.54, 1.807) is 0 Å². The number of fused-ring (bicyclic) bond motifs is 1. The lowest BCUT2D eigenvalue weighted by Crippen LogP contribution is -2.12. The van der Waals surface area contributed by atoms with Crippen LogP contribution in [0.4, 0.5) is 8.78 Å². The van der Waals surface area contributed by atoms with Gasteiger partial charge in [-0.25, -0.2) is 18.3 Å². The number of rotatable bonds is 2. The van der Waals surface area contributed by atoms with Crippen LogP contribution in [-0.2, 0) is 5.41 Å². The maximum Gasteiger partial charge on any atom is 0.280 e. The van der Waals surface area contributed by atoms with Gasteiger partial charge in [0.1, 0.15) is 5.69 Å². The van der Waals surface area contributed by atoms with Gasteiger partial charge < -0.3 is 0 Å². The van der Waals surface area contributed by atoms with Crippen molar-refractivity contribution in [2.24, 2.45) is 0 Å². The fourth-order valence-electron chi connectivity index (χ4n) is 2.13. The fraction of sp³-hybridized carbons (Fsp3) is 0.571. The Labute approximate surface area is 110 Å². The summed E-state index contributed by atoms with van der Waals surface area (Å²) in [4.78, 5) is 4.48. The van der Waals surface area contributed by atoms with Crippen LogP contribution in [0.5, 0.6) is 0 Å². The van der Waals surface area contributed by atoms with Crippen LogP contribution in [0.15, 0.2) is 12.1 Å². The summed E-state index contributed by atoms with van der Waals surface area (Å²) in [7, 11) is 0. The molecular weight excluding hydrogens is 248 g/mol. The Bertz CT molecular complexity index is 621. The molecule has 3 nitrogen and oxygen atoms in total. The molecule has 0 amide bonds. The summed E-state index contributed by atoms with van der Waals surface area (Å²) in [5.74, 6) is 0.357. The van der Waals surface area contributed by atoms with Crippen LogP contribution in [-0.4, -0.2) is 14.6 Å². The number of hydrogen-bond donors (Lipinski definition) is 0. The highest BCUT2D eigenvalue weighted by molar-refractivity contribution is 5.44. The summed E-state index contributed by atoms with van der Waals surface area (Å²) in [5, 5.41) is 4.30. The number of halogens is 2. The second-order valence-electron chi connectivity index (χ2n) is 6.23. The minimum absolute atomic E-state index is 0.0533. The van der Waals surface area contributed by atoms with E-state index >= 15 is 0 Å². The Hall–Kier alpha value is -1.52. The fourth-order valence-corrected chi connectivity index (χ4v) is 2.13. The average molecular weight is 265 g/mol. The molecule has 19 heavy (non-hydrogen) atoms. The second kappa shape index (κ2) is 3.99. The molecule has 5 heteroatoms. The molecule has 0 bridgehead atoms. The second-order valence-corrected chi connectivity index (χ2v) is 6.23. The topological polar surface area (TPSA) is 30.2 Å². The summed E-state index contributed by atoms with van der Waals surface area (Å²) >= 11 is 0. The molecular formula is C14H17F2N3. The third-order valence-electron chi connectivity index (χ3n) is 3.46. The number of aromatic nitrogens is 3. The highest BCUT2D eigenvalue weighted by Crippen LogP contribution is 2.40. The molecule has 0 saturated heterocycles. The predicted octanol–water partition coefficient (Wildman–Crippen LogP) is 3.84. The minimum atomic E-state index is -2.53. The van der Waals surface area contributed by atoms with Crippen LogP contribution in [0, 0.1) is 0 Å². The predicted molar refractivity (Wildman–Crippen MR) is 68.6 cm³/mol. The SMILES string of the molecule is CC(C)(C)c1cc2nc(C3CC3)cc(C(F)F)n2n1. The third kappa shape index (κ3) is 2.22. The molecule has 2 heterocycles. The number of hydrogen-bond acceptors (Lipinski definition) is 2. The third-order valence-corrected chi connectivity index (χ3v) is 3.46. The van der Waals surface area contributed by atoms with Gasteiger partial charge in [0.05, 0.1) is 5.69 Å². The number of nitrogens with zero attached hydrogens (tertiary/aromatic N) is 3. The summed E-state index contributed by atoms with van der Waals surface area (Å²) in [6.45, 7) is 6.04. The van der Waals surface area contributed by atoms with Crippen molar-refractivity contribution in [3.63, 3.8) is 0 Å². The monoisotopic (exact) mass is 265 g/mol. The molecule has 2 aromatic heterocycles. The Morgan fingerprint density at radius 2 is 1.95 bits per heavy atom. The van der Waals surface area contributed by atoms with Gasteiger partial charge in [-0.2, -0.15) is 5.10 Å². The Balaban J connectivity index is 2.21. The maximum absolute atomic E-state index is 13.2. The molecule has 0 atom stereocenters. The van der Waals surface area contributed by atoms with E-state index in [2.05, 4.69) is 10.1 Å². The van der Waals surface area contributed by atoms with Crippen molar-refractivity contribution in [3.8, 4) is 0 Å². The highest BCUT2D eigenvalue weighted by Gasteiger charge is 2.28. The van der Waals surface area contributed by atoms with Crippen LogP contribution in [0.1, 0.15) is 63.0 Å². The smallest absolute Gasteiger partial charge is 0.233 e. The van der Waals surface area contributed by atoms with Gasteiger partial charge in [0.15, 0.2) is 5.65 Å². The molecule has 3 rings (SSSR count). The molecule has 0 radical (unpaired) electrons. The summed E-state index contributed by atoms with van der Waals surface area (Å²) < 4.78 is 27.6. The Morgan fingerprint density at radius 3 is 2.47 bits per heavy atom. The van der Waals surface area contributed by atoms with E-state index in [1.165, 1.54) is 10.6 Å². The van der Waals surface area contributed by atoms with Crippen molar-refractivity contribution in [2.75, 3.05) is 0 Å². The molecule has 1 fully saturated rings. The highest BCUT2D eigenvalue weighted by atomic mass is 19.3. The zero-order chi connectivity index (χ0) is 13.8. The van der Waals surface area contributed by atoms with Crippen LogP contribution in [0.2, 0.25) is 0 Å². The van der Waals surface area contributed by atoms with Gasteiger partial charge in [0.25, 0.3) is 6.43 Å². The molecule has 1 aliphatic rings. The Morgan fingerprint density at radius 1 is 1.26 bits per heavy atom. The first-order valence-electron chi connectivity index (χ1n) is 6.55. The van der Waals surface area contributed by atoms with Gasteiger partial charge in [-0.15, -0.1) is 0 Å².